The van der Waals surface area contributed by atoms with E-state index in [2.05, 4.69) is 19.9 Å². The molecule has 3 rings (SSSR count). The smallest absolute Gasteiger partial charge is 0.287 e. The van der Waals surface area contributed by atoms with Gasteiger partial charge in [-0.05, 0) is 49.1 Å². The lowest BCUT2D eigenvalue weighted by molar-refractivity contribution is 0.0921. The van der Waals surface area contributed by atoms with Gasteiger partial charge in [0, 0.05) is 25.8 Å². The summed E-state index contributed by atoms with van der Waals surface area (Å²) in [6.45, 7) is 2.40. The summed E-state index contributed by atoms with van der Waals surface area (Å²) >= 11 is 0. The fourth-order valence-electron chi connectivity index (χ4n) is 2.93. The van der Waals surface area contributed by atoms with E-state index >= 15 is 0 Å². The highest BCUT2D eigenvalue weighted by atomic mass is 32.2. The second kappa shape index (κ2) is 8.53. The Hall–Kier alpha value is -2.39. The fourth-order valence-corrected chi connectivity index (χ4v) is 3.34. The van der Waals surface area contributed by atoms with E-state index < -0.39 is 10.0 Å². The minimum atomic E-state index is -3.31. The molecule has 1 aliphatic heterocycles. The first-order valence-corrected chi connectivity index (χ1v) is 10.8. The predicted octanol–water partition coefficient (Wildman–Crippen LogP) is 1.64. The van der Waals surface area contributed by atoms with Gasteiger partial charge in [-0.25, -0.2) is 18.1 Å². The van der Waals surface area contributed by atoms with Crippen molar-refractivity contribution in [1.82, 2.24) is 15.0 Å². The lowest BCUT2D eigenvalue weighted by Crippen LogP contribution is -2.30. The van der Waals surface area contributed by atoms with Crippen LogP contribution in [0.1, 0.15) is 41.1 Å². The van der Waals surface area contributed by atoms with Crippen LogP contribution in [0.4, 0.5) is 5.82 Å². The minimum Gasteiger partial charge on any atom is -0.455 e. The first-order chi connectivity index (χ1) is 12.9. The molecule has 8 nitrogen and oxygen atoms in total. The van der Waals surface area contributed by atoms with Gasteiger partial charge in [-0.2, -0.15) is 0 Å². The summed E-state index contributed by atoms with van der Waals surface area (Å²) in [6, 6.07) is 6.97. The van der Waals surface area contributed by atoms with E-state index in [9.17, 15) is 13.2 Å². The number of aromatic nitrogens is 1. The number of piperidine rings is 1. The number of nitrogens with zero attached hydrogens (tertiary/aromatic N) is 2. The highest BCUT2D eigenvalue weighted by molar-refractivity contribution is 7.88. The van der Waals surface area contributed by atoms with Crippen LogP contribution in [-0.2, 0) is 23.1 Å². The average molecular weight is 392 g/mol. The Labute approximate surface area is 159 Å². The third-order valence-corrected chi connectivity index (χ3v) is 5.01. The number of hydrogen-bond donors (Lipinski definition) is 2. The number of furan rings is 1. The van der Waals surface area contributed by atoms with Crippen LogP contribution in [0.25, 0.3) is 0 Å². The van der Waals surface area contributed by atoms with Gasteiger partial charge in [-0.1, -0.05) is 0 Å². The monoisotopic (exact) mass is 392 g/mol. The van der Waals surface area contributed by atoms with Gasteiger partial charge < -0.3 is 14.6 Å². The molecule has 0 spiro atoms. The van der Waals surface area contributed by atoms with Crippen LogP contribution in [0.5, 0.6) is 0 Å². The van der Waals surface area contributed by atoms with Crippen molar-refractivity contribution in [2.75, 3.05) is 24.2 Å². The molecular weight excluding hydrogens is 368 g/mol. The van der Waals surface area contributed by atoms with Gasteiger partial charge in [0.1, 0.15) is 11.6 Å². The van der Waals surface area contributed by atoms with Crippen LogP contribution >= 0.6 is 0 Å². The number of hydrogen-bond acceptors (Lipinski definition) is 6. The maximum atomic E-state index is 12.2. The van der Waals surface area contributed by atoms with Crippen LogP contribution in [0.15, 0.2) is 34.9 Å². The Morgan fingerprint density at radius 3 is 2.70 bits per heavy atom. The molecule has 1 aliphatic rings. The Bertz CT molecular complexity index is 888. The first kappa shape index (κ1) is 19.4. The minimum absolute atomic E-state index is 0.00959. The van der Waals surface area contributed by atoms with Crippen LogP contribution in [-0.4, -0.2) is 38.7 Å². The third-order valence-electron chi connectivity index (χ3n) is 4.34. The van der Waals surface area contributed by atoms with Gasteiger partial charge in [0.05, 0.1) is 12.8 Å². The van der Waals surface area contributed by atoms with Crippen LogP contribution in [0, 0.1) is 0 Å². The molecule has 3 heterocycles. The highest BCUT2D eigenvalue weighted by Gasteiger charge is 2.14. The molecule has 146 valence electrons. The third kappa shape index (κ3) is 5.80. The molecule has 0 aliphatic carbocycles. The van der Waals surface area contributed by atoms with Gasteiger partial charge in [0.2, 0.25) is 10.0 Å². The second-order valence-electron chi connectivity index (χ2n) is 6.61. The number of carbonyl (C=O) groups is 1. The normalized spacial score (nSPS) is 14.9. The van der Waals surface area contributed by atoms with E-state index in [1.807, 2.05) is 12.1 Å². The first-order valence-electron chi connectivity index (χ1n) is 8.92. The molecule has 9 heteroatoms. The number of pyridine rings is 1. The van der Waals surface area contributed by atoms with Crippen LogP contribution in [0.3, 0.4) is 0 Å². The quantitative estimate of drug-likeness (QED) is 0.742. The predicted molar refractivity (Wildman–Crippen MR) is 102 cm³/mol. The maximum Gasteiger partial charge on any atom is 0.287 e. The Balaban J connectivity index is 1.55. The molecule has 1 amide bonds. The van der Waals surface area contributed by atoms with Crippen molar-refractivity contribution >= 4 is 21.7 Å². The number of anilines is 1. The molecule has 2 N–H and O–H groups in total. The number of sulfonamides is 1. The van der Waals surface area contributed by atoms with Gasteiger partial charge in [0.25, 0.3) is 5.91 Å². The summed E-state index contributed by atoms with van der Waals surface area (Å²) in [4.78, 5) is 18.9. The van der Waals surface area contributed by atoms with Gasteiger partial charge >= 0.3 is 0 Å². The summed E-state index contributed by atoms with van der Waals surface area (Å²) < 4.78 is 29.9. The maximum absolute atomic E-state index is 12.2. The Morgan fingerprint density at radius 1 is 1.19 bits per heavy atom. The van der Waals surface area contributed by atoms with Gasteiger partial charge in [-0.15, -0.1) is 0 Å². The molecule has 2 aromatic rings. The molecule has 1 saturated heterocycles. The van der Waals surface area contributed by atoms with Crippen LogP contribution < -0.4 is 14.9 Å². The Kier molecular flexibility index (Phi) is 6.12. The summed E-state index contributed by atoms with van der Waals surface area (Å²) in [7, 11) is -3.31. The molecule has 27 heavy (non-hydrogen) atoms. The van der Waals surface area contributed by atoms with E-state index in [4.69, 9.17) is 4.42 Å². The number of nitrogens with one attached hydrogen (secondary N) is 2. The summed E-state index contributed by atoms with van der Waals surface area (Å²) in [5, 5.41) is 2.81. The number of rotatable bonds is 7. The van der Waals surface area contributed by atoms with E-state index in [1.54, 1.807) is 12.3 Å². The topological polar surface area (TPSA) is 105 Å². The standard InChI is InChI=1S/C18H24N4O4S/c1-27(24,25)21-13-15-5-6-16(26-15)18(23)20-12-14-7-8-19-17(11-14)22-9-3-2-4-10-22/h5-8,11,21H,2-4,9-10,12-13H2,1H3,(H,20,23). The number of amides is 1. The summed E-state index contributed by atoms with van der Waals surface area (Å²) in [5.41, 5.74) is 0.962. The summed E-state index contributed by atoms with van der Waals surface area (Å²) in [5.74, 6) is 1.11. The highest BCUT2D eigenvalue weighted by Crippen LogP contribution is 2.18. The van der Waals surface area contributed by atoms with E-state index in [0.717, 1.165) is 30.7 Å². The zero-order valence-corrected chi connectivity index (χ0v) is 16.1. The molecule has 0 bridgehead atoms. The zero-order chi connectivity index (χ0) is 19.3. The van der Waals surface area contributed by atoms with E-state index in [1.165, 1.54) is 25.3 Å². The van der Waals surface area contributed by atoms with E-state index in [-0.39, 0.29) is 18.2 Å². The van der Waals surface area contributed by atoms with Crippen molar-refractivity contribution in [3.05, 3.63) is 47.5 Å². The molecule has 0 unspecified atom stereocenters. The zero-order valence-electron chi connectivity index (χ0n) is 15.3. The van der Waals surface area contributed by atoms with Gasteiger partial charge in [0.15, 0.2) is 5.76 Å². The van der Waals surface area contributed by atoms with Crippen molar-refractivity contribution in [2.45, 2.75) is 32.4 Å². The second-order valence-corrected chi connectivity index (χ2v) is 8.44. The average Bonchev–Trinajstić information content (AvgIpc) is 3.14. The van der Waals surface area contributed by atoms with Crippen molar-refractivity contribution in [3.8, 4) is 0 Å². The lowest BCUT2D eigenvalue weighted by atomic mass is 10.1. The fraction of sp³-hybridized carbons (Fsp3) is 0.444. The molecule has 2 aromatic heterocycles. The molecule has 0 radical (unpaired) electrons. The molecule has 1 fully saturated rings. The molecular formula is C18H24N4O4S. The summed E-state index contributed by atoms with van der Waals surface area (Å²) in [6.07, 6.45) is 6.44. The van der Waals surface area contributed by atoms with Crippen molar-refractivity contribution in [1.29, 1.82) is 0 Å². The number of carbonyl (C=O) groups excluding carboxylic acids is 1. The van der Waals surface area contributed by atoms with Gasteiger partial charge in [-0.3, -0.25) is 4.79 Å². The van der Waals surface area contributed by atoms with Crippen molar-refractivity contribution < 1.29 is 17.6 Å². The largest absolute Gasteiger partial charge is 0.455 e. The van der Waals surface area contributed by atoms with E-state index in [0.29, 0.717) is 12.3 Å². The molecule has 0 aromatic carbocycles. The van der Waals surface area contributed by atoms with Crippen molar-refractivity contribution in [2.24, 2.45) is 0 Å². The molecule has 0 saturated carbocycles. The lowest BCUT2D eigenvalue weighted by Gasteiger charge is -2.27. The van der Waals surface area contributed by atoms with Crippen molar-refractivity contribution in [3.63, 3.8) is 0 Å². The Morgan fingerprint density at radius 2 is 1.96 bits per heavy atom. The SMILES string of the molecule is CS(=O)(=O)NCc1ccc(C(=O)NCc2ccnc(N3CCCCC3)c2)o1. The van der Waals surface area contributed by atoms with Crippen LogP contribution in [0.2, 0.25) is 0 Å². The molecule has 0 atom stereocenters.